The summed E-state index contributed by atoms with van der Waals surface area (Å²) in [4.78, 5) is 10.3. The van der Waals surface area contributed by atoms with Crippen molar-refractivity contribution in [3.05, 3.63) is 0 Å². The molecule has 0 radical (unpaired) electrons. The van der Waals surface area contributed by atoms with Crippen LogP contribution in [0.15, 0.2) is 0 Å². The number of aliphatic carboxylic acids is 1. The maximum atomic E-state index is 10.3. The molecule has 0 heterocycles. The van der Waals surface area contributed by atoms with Crippen LogP contribution in [0.2, 0.25) is 0 Å². The molecule has 1 unspecified atom stereocenters. The summed E-state index contributed by atoms with van der Waals surface area (Å²) >= 11 is 0. The van der Waals surface area contributed by atoms with Crippen molar-refractivity contribution in [1.82, 2.24) is 5.32 Å². The summed E-state index contributed by atoms with van der Waals surface area (Å²) in [6, 6.07) is -0.264. The molecule has 2 atom stereocenters. The van der Waals surface area contributed by atoms with E-state index in [1.54, 1.807) is 0 Å². The Hall–Kier alpha value is -0.320. The lowest BCUT2D eigenvalue weighted by Gasteiger charge is -2.10. The zero-order valence-electron chi connectivity index (χ0n) is 8.12. The molecule has 0 fully saturated rings. The average molecular weight is 211 g/mol. The molecule has 4 N–H and O–H groups in total. The molecular formula is C8H19ClN2O2. The Bertz CT molecular complexity index is 144. The Kier molecular flexibility index (Phi) is 9.67. The monoisotopic (exact) mass is 210 g/mol. The Balaban J connectivity index is 0. The highest BCUT2D eigenvalue weighted by Crippen LogP contribution is 2.02. The van der Waals surface area contributed by atoms with Gasteiger partial charge in [0.15, 0.2) is 0 Å². The lowest BCUT2D eigenvalue weighted by atomic mass is 10.1. The Morgan fingerprint density at radius 1 is 1.54 bits per heavy atom. The number of carbonyl (C=O) groups is 1. The third kappa shape index (κ3) is 8.02. The third-order valence-corrected chi connectivity index (χ3v) is 1.96. The molecule has 0 aromatic carbocycles. The molecule has 0 aliphatic rings. The molecular weight excluding hydrogens is 192 g/mol. The van der Waals surface area contributed by atoms with Crippen LogP contribution >= 0.6 is 12.4 Å². The van der Waals surface area contributed by atoms with Gasteiger partial charge in [-0.15, -0.1) is 12.4 Å². The van der Waals surface area contributed by atoms with Crippen LogP contribution in [0.4, 0.5) is 0 Å². The van der Waals surface area contributed by atoms with Crippen LogP contribution in [-0.4, -0.2) is 30.2 Å². The van der Waals surface area contributed by atoms with Crippen molar-refractivity contribution in [3.8, 4) is 0 Å². The van der Waals surface area contributed by atoms with E-state index in [9.17, 15) is 4.79 Å². The highest BCUT2D eigenvalue weighted by molar-refractivity contribution is 5.85. The molecule has 13 heavy (non-hydrogen) atoms. The molecule has 0 aromatic rings. The average Bonchev–Trinajstić information content (AvgIpc) is 2.03. The predicted octanol–water partition coefficient (Wildman–Crippen LogP) is 0.598. The molecule has 0 bridgehead atoms. The van der Waals surface area contributed by atoms with E-state index in [0.717, 1.165) is 12.8 Å². The number of nitrogens with two attached hydrogens (primary N) is 1. The number of rotatable bonds is 6. The second kappa shape index (κ2) is 8.29. The van der Waals surface area contributed by atoms with Gasteiger partial charge in [-0.25, -0.2) is 0 Å². The second-order valence-electron chi connectivity index (χ2n) is 3.07. The number of halogens is 1. The van der Waals surface area contributed by atoms with Crippen LogP contribution in [0.5, 0.6) is 0 Å². The fourth-order valence-electron chi connectivity index (χ4n) is 0.912. The van der Waals surface area contributed by atoms with E-state index in [1.165, 1.54) is 0 Å². The smallest absolute Gasteiger partial charge is 0.320 e. The predicted molar refractivity (Wildman–Crippen MR) is 55.2 cm³/mol. The summed E-state index contributed by atoms with van der Waals surface area (Å²) in [6.07, 6.45) is 2.38. The molecule has 0 rings (SSSR count). The highest BCUT2D eigenvalue weighted by Gasteiger charge is 2.10. The number of nitrogens with one attached hydrogen (secondary N) is 1. The van der Waals surface area contributed by atoms with Crippen LogP contribution in [0, 0.1) is 0 Å². The zero-order chi connectivity index (χ0) is 9.56. The van der Waals surface area contributed by atoms with Gasteiger partial charge in [0.25, 0.3) is 0 Å². The van der Waals surface area contributed by atoms with Crippen LogP contribution in [0.1, 0.15) is 26.2 Å². The lowest BCUT2D eigenvalue weighted by Crippen LogP contribution is -2.30. The van der Waals surface area contributed by atoms with Crippen molar-refractivity contribution < 1.29 is 9.90 Å². The van der Waals surface area contributed by atoms with Crippen LogP contribution in [0.3, 0.4) is 0 Å². The maximum Gasteiger partial charge on any atom is 0.320 e. The lowest BCUT2D eigenvalue weighted by molar-refractivity contribution is -0.138. The van der Waals surface area contributed by atoms with E-state index < -0.39 is 12.0 Å². The first-order chi connectivity index (χ1) is 5.57. The first kappa shape index (κ1) is 15.2. The fraction of sp³-hybridized carbons (Fsp3) is 0.875. The van der Waals surface area contributed by atoms with Gasteiger partial charge in [0.05, 0.1) is 0 Å². The quantitative estimate of drug-likeness (QED) is 0.600. The van der Waals surface area contributed by atoms with E-state index in [0.29, 0.717) is 12.5 Å². The van der Waals surface area contributed by atoms with Crippen molar-refractivity contribution in [2.24, 2.45) is 5.73 Å². The molecule has 0 saturated carbocycles. The molecule has 0 aromatic heterocycles. The number of hydrogen-bond acceptors (Lipinski definition) is 3. The van der Waals surface area contributed by atoms with E-state index in [4.69, 9.17) is 10.8 Å². The fourth-order valence-corrected chi connectivity index (χ4v) is 0.912. The van der Waals surface area contributed by atoms with Crippen molar-refractivity contribution in [3.63, 3.8) is 0 Å². The number of carboxylic acid groups (broad SMARTS) is 1. The van der Waals surface area contributed by atoms with Gasteiger partial charge in [0, 0.05) is 6.04 Å². The molecule has 0 aliphatic carbocycles. The van der Waals surface area contributed by atoms with Crippen molar-refractivity contribution >= 4 is 18.4 Å². The van der Waals surface area contributed by atoms with E-state index >= 15 is 0 Å². The van der Waals surface area contributed by atoms with Gasteiger partial charge in [-0.05, 0) is 33.2 Å². The summed E-state index contributed by atoms with van der Waals surface area (Å²) < 4.78 is 0. The molecule has 0 spiro atoms. The molecule has 0 aliphatic heterocycles. The largest absolute Gasteiger partial charge is 0.480 e. The van der Waals surface area contributed by atoms with Gasteiger partial charge in [-0.2, -0.15) is 0 Å². The Morgan fingerprint density at radius 2 is 2.08 bits per heavy atom. The first-order valence-electron chi connectivity index (χ1n) is 4.23. The van der Waals surface area contributed by atoms with Gasteiger partial charge in [-0.3, -0.25) is 4.79 Å². The Labute approximate surface area is 85.3 Å². The van der Waals surface area contributed by atoms with Crippen molar-refractivity contribution in [1.29, 1.82) is 0 Å². The summed E-state index contributed by atoms with van der Waals surface area (Å²) in [6.45, 7) is 2.06. The molecule has 0 saturated heterocycles. The van der Waals surface area contributed by atoms with Gasteiger partial charge in [-0.1, -0.05) is 0 Å². The molecule has 0 amide bonds. The van der Waals surface area contributed by atoms with Gasteiger partial charge in [0.1, 0.15) is 6.04 Å². The topological polar surface area (TPSA) is 75.3 Å². The minimum Gasteiger partial charge on any atom is -0.480 e. The summed E-state index contributed by atoms with van der Waals surface area (Å²) in [7, 11) is 1.89. The minimum absolute atomic E-state index is 0. The van der Waals surface area contributed by atoms with Crippen LogP contribution in [0.25, 0.3) is 0 Å². The van der Waals surface area contributed by atoms with Crippen molar-refractivity contribution in [2.75, 3.05) is 7.05 Å². The highest BCUT2D eigenvalue weighted by atomic mass is 35.5. The van der Waals surface area contributed by atoms with E-state index in [1.807, 2.05) is 7.05 Å². The third-order valence-electron chi connectivity index (χ3n) is 1.96. The van der Waals surface area contributed by atoms with E-state index in [2.05, 4.69) is 12.2 Å². The summed E-state index contributed by atoms with van der Waals surface area (Å²) in [5.41, 5.74) is 5.32. The molecule has 5 heteroatoms. The summed E-state index contributed by atoms with van der Waals surface area (Å²) in [5.74, 6) is -0.910. The maximum absolute atomic E-state index is 10.3. The van der Waals surface area contributed by atoms with Crippen LogP contribution < -0.4 is 11.1 Å². The molecule has 80 valence electrons. The van der Waals surface area contributed by atoms with E-state index in [-0.39, 0.29) is 12.4 Å². The van der Waals surface area contributed by atoms with Gasteiger partial charge < -0.3 is 16.2 Å². The summed E-state index contributed by atoms with van der Waals surface area (Å²) in [5, 5.41) is 11.5. The number of carboxylic acids is 1. The Morgan fingerprint density at radius 3 is 2.46 bits per heavy atom. The number of hydrogen-bond donors (Lipinski definition) is 3. The minimum atomic E-state index is -0.910. The van der Waals surface area contributed by atoms with Crippen LogP contribution in [-0.2, 0) is 4.79 Å². The zero-order valence-corrected chi connectivity index (χ0v) is 8.93. The second-order valence-corrected chi connectivity index (χ2v) is 3.07. The normalized spacial score (nSPS) is 14.4. The molecule has 4 nitrogen and oxygen atoms in total. The van der Waals surface area contributed by atoms with Gasteiger partial charge in [0.2, 0.25) is 0 Å². The first-order valence-corrected chi connectivity index (χ1v) is 4.23. The standard InChI is InChI=1S/C8H18N2O2.ClH/c1-6(10-2)4-3-5-7(9)8(11)12;/h6-7,10H,3-5,9H2,1-2H3,(H,11,12);1H/t6?,7-;/m0./s1. The van der Waals surface area contributed by atoms with Crippen molar-refractivity contribution in [2.45, 2.75) is 38.3 Å². The van der Waals surface area contributed by atoms with Gasteiger partial charge >= 0.3 is 5.97 Å². The SMILES string of the molecule is CNC(C)CCC[C@H](N)C(=O)O.Cl.